The van der Waals surface area contributed by atoms with Crippen molar-refractivity contribution in [1.29, 1.82) is 0 Å². The molecule has 3 aromatic carbocycles. The predicted octanol–water partition coefficient (Wildman–Crippen LogP) is 5.01. The normalized spacial score (nSPS) is 11.5. The number of carbonyl (C=O) groups is 2. The zero-order chi connectivity index (χ0) is 24.9. The molecule has 0 aromatic heterocycles. The molecule has 0 aliphatic heterocycles. The van der Waals surface area contributed by atoms with Crippen LogP contribution < -0.4 is 15.6 Å². The zero-order valence-electron chi connectivity index (χ0n) is 20.0. The highest BCUT2D eigenvalue weighted by molar-refractivity contribution is 6.03. The van der Waals surface area contributed by atoms with E-state index in [1.54, 1.807) is 42.6 Å². The van der Waals surface area contributed by atoms with Crippen LogP contribution in [0, 0.1) is 0 Å². The van der Waals surface area contributed by atoms with Crippen LogP contribution in [-0.2, 0) is 4.79 Å². The molecule has 0 saturated heterocycles. The van der Waals surface area contributed by atoms with E-state index in [-0.39, 0.29) is 11.6 Å². The van der Waals surface area contributed by atoms with Crippen LogP contribution in [0.5, 0.6) is 0 Å². The molecule has 3 aromatic rings. The number of amides is 2. The van der Waals surface area contributed by atoms with Gasteiger partial charge in [0, 0.05) is 24.3 Å². The molecule has 35 heavy (non-hydrogen) atoms. The number of hydrogen-bond acceptors (Lipinski definition) is 4. The van der Waals surface area contributed by atoms with E-state index in [2.05, 4.69) is 34.6 Å². The molecule has 3 rings (SSSR count). The molecule has 0 aliphatic carbocycles. The Kier molecular flexibility index (Phi) is 9.57. The number of anilines is 1. The van der Waals surface area contributed by atoms with Crippen molar-refractivity contribution in [2.45, 2.75) is 13.8 Å². The summed E-state index contributed by atoms with van der Waals surface area (Å²) in [4.78, 5) is 27.7. The largest absolute Gasteiger partial charge is 0.372 e. The fraction of sp³-hybridized carbons (Fsp3) is 0.138. The van der Waals surface area contributed by atoms with Crippen LogP contribution in [0.4, 0.5) is 5.69 Å². The molecule has 2 N–H and O–H groups in total. The minimum absolute atomic E-state index is 0.0834. The molecular weight excluding hydrogens is 436 g/mol. The quantitative estimate of drug-likeness (QED) is 0.191. The first-order valence-electron chi connectivity index (χ1n) is 11.6. The lowest BCUT2D eigenvalue weighted by Crippen LogP contribution is -2.32. The van der Waals surface area contributed by atoms with Crippen LogP contribution in [-0.4, -0.2) is 31.1 Å². The smallest absolute Gasteiger partial charge is 0.287 e. The van der Waals surface area contributed by atoms with Crippen LogP contribution in [0.15, 0.2) is 108 Å². The minimum atomic E-state index is -0.525. The summed E-state index contributed by atoms with van der Waals surface area (Å²) in [5, 5.41) is 6.75. The van der Waals surface area contributed by atoms with Crippen LogP contribution in [0.1, 0.15) is 35.3 Å². The number of carbonyl (C=O) groups excluding carboxylic acids is 2. The first-order valence-corrected chi connectivity index (χ1v) is 11.6. The van der Waals surface area contributed by atoms with E-state index in [0.717, 1.165) is 29.9 Å². The maximum absolute atomic E-state index is 12.8. The average Bonchev–Trinajstić information content (AvgIpc) is 2.90. The first kappa shape index (κ1) is 25.2. The molecular formula is C29H30N4O2. The van der Waals surface area contributed by atoms with Gasteiger partial charge < -0.3 is 10.2 Å². The third kappa shape index (κ3) is 7.82. The van der Waals surface area contributed by atoms with Gasteiger partial charge in [-0.25, -0.2) is 5.43 Å². The molecule has 6 heteroatoms. The molecule has 0 saturated carbocycles. The molecule has 0 spiro atoms. The summed E-state index contributed by atoms with van der Waals surface area (Å²) in [7, 11) is 0. The Morgan fingerprint density at radius 2 is 1.46 bits per heavy atom. The van der Waals surface area contributed by atoms with Gasteiger partial charge in [0.2, 0.25) is 0 Å². The minimum Gasteiger partial charge on any atom is -0.372 e. The lowest BCUT2D eigenvalue weighted by Gasteiger charge is -2.20. The Morgan fingerprint density at radius 3 is 2.09 bits per heavy atom. The van der Waals surface area contributed by atoms with E-state index >= 15 is 0 Å². The van der Waals surface area contributed by atoms with Crippen molar-refractivity contribution < 1.29 is 9.59 Å². The van der Waals surface area contributed by atoms with Gasteiger partial charge in [0.25, 0.3) is 11.8 Å². The summed E-state index contributed by atoms with van der Waals surface area (Å²) in [6, 6.07) is 26.3. The van der Waals surface area contributed by atoms with Crippen molar-refractivity contribution >= 4 is 29.8 Å². The second-order valence-electron chi connectivity index (χ2n) is 7.63. The van der Waals surface area contributed by atoms with E-state index in [4.69, 9.17) is 0 Å². The number of allylic oxidation sites excluding steroid dienone is 2. The highest BCUT2D eigenvalue weighted by atomic mass is 16.2. The SMILES string of the molecule is CCN(CC)c1ccc(C=NNC(=O)C(=CC=Cc2ccccc2)NC(=O)c2ccccc2)cc1. The monoisotopic (exact) mass is 466 g/mol. The molecule has 6 nitrogen and oxygen atoms in total. The second-order valence-corrected chi connectivity index (χ2v) is 7.63. The maximum atomic E-state index is 12.8. The van der Waals surface area contributed by atoms with Gasteiger partial charge in [-0.3, -0.25) is 9.59 Å². The highest BCUT2D eigenvalue weighted by Gasteiger charge is 2.13. The standard InChI is InChI=1S/C29H30N4O2/c1-3-33(4-2)26-20-18-24(19-21-26)22-30-32-29(35)27(17-11-14-23-12-7-5-8-13-23)31-28(34)25-15-9-6-10-16-25/h5-22H,3-4H2,1-2H3,(H,31,34)(H,32,35). The highest BCUT2D eigenvalue weighted by Crippen LogP contribution is 2.14. The van der Waals surface area contributed by atoms with Crippen molar-refractivity contribution in [3.63, 3.8) is 0 Å². The molecule has 178 valence electrons. The fourth-order valence-electron chi connectivity index (χ4n) is 3.36. The average molecular weight is 467 g/mol. The Bertz CT molecular complexity index is 1180. The van der Waals surface area contributed by atoms with Crippen molar-refractivity contribution in [2.75, 3.05) is 18.0 Å². The third-order valence-corrected chi connectivity index (χ3v) is 5.28. The number of nitrogens with zero attached hydrogens (tertiary/aromatic N) is 2. The van der Waals surface area contributed by atoms with Gasteiger partial charge in [-0.1, -0.05) is 72.8 Å². The van der Waals surface area contributed by atoms with Gasteiger partial charge in [-0.05, 0) is 55.3 Å². The van der Waals surface area contributed by atoms with Gasteiger partial charge in [-0.15, -0.1) is 0 Å². The Labute approximate surface area is 206 Å². The van der Waals surface area contributed by atoms with Crippen molar-refractivity contribution in [3.05, 3.63) is 119 Å². The summed E-state index contributed by atoms with van der Waals surface area (Å²) in [5.41, 5.74) is 6.00. The Hall–Kier alpha value is -4.45. The summed E-state index contributed by atoms with van der Waals surface area (Å²) >= 11 is 0. The maximum Gasteiger partial charge on any atom is 0.287 e. The molecule has 0 radical (unpaired) electrons. The molecule has 0 atom stereocenters. The third-order valence-electron chi connectivity index (χ3n) is 5.28. The number of hydrazone groups is 1. The molecule has 0 unspecified atom stereocenters. The van der Waals surface area contributed by atoms with E-state index in [1.807, 2.05) is 66.7 Å². The summed E-state index contributed by atoms with van der Waals surface area (Å²) in [6.07, 6.45) is 6.69. The summed E-state index contributed by atoms with van der Waals surface area (Å²) in [5.74, 6) is -0.904. The van der Waals surface area contributed by atoms with Crippen molar-refractivity contribution in [1.82, 2.24) is 10.7 Å². The van der Waals surface area contributed by atoms with Crippen LogP contribution >= 0.6 is 0 Å². The van der Waals surface area contributed by atoms with Crippen LogP contribution in [0.25, 0.3) is 6.08 Å². The second kappa shape index (κ2) is 13.3. The van der Waals surface area contributed by atoms with Crippen LogP contribution in [0.2, 0.25) is 0 Å². The lowest BCUT2D eigenvalue weighted by molar-refractivity contribution is -0.117. The van der Waals surface area contributed by atoms with Crippen molar-refractivity contribution in [3.8, 4) is 0 Å². The van der Waals surface area contributed by atoms with Crippen molar-refractivity contribution in [2.24, 2.45) is 5.10 Å². The topological polar surface area (TPSA) is 73.8 Å². The van der Waals surface area contributed by atoms with Gasteiger partial charge in [0.15, 0.2) is 0 Å². The summed E-state index contributed by atoms with van der Waals surface area (Å²) < 4.78 is 0. The number of benzene rings is 3. The number of rotatable bonds is 10. The van der Waals surface area contributed by atoms with Gasteiger partial charge >= 0.3 is 0 Å². The molecule has 0 fully saturated rings. The van der Waals surface area contributed by atoms with Gasteiger partial charge in [0.05, 0.1) is 6.21 Å². The Morgan fingerprint density at radius 1 is 0.829 bits per heavy atom. The molecule has 2 amide bonds. The molecule has 0 heterocycles. The number of hydrogen-bond donors (Lipinski definition) is 2. The first-order chi connectivity index (χ1) is 17.1. The van der Waals surface area contributed by atoms with E-state index in [0.29, 0.717) is 5.56 Å². The zero-order valence-corrected chi connectivity index (χ0v) is 20.0. The van der Waals surface area contributed by atoms with E-state index in [9.17, 15) is 9.59 Å². The van der Waals surface area contributed by atoms with Gasteiger partial charge in [-0.2, -0.15) is 5.10 Å². The Balaban J connectivity index is 1.71. The van der Waals surface area contributed by atoms with E-state index in [1.165, 1.54) is 0 Å². The summed E-state index contributed by atoms with van der Waals surface area (Å²) in [6.45, 7) is 6.10. The number of nitrogens with one attached hydrogen (secondary N) is 2. The molecule has 0 aliphatic rings. The van der Waals surface area contributed by atoms with Gasteiger partial charge in [0.1, 0.15) is 5.70 Å². The molecule has 0 bridgehead atoms. The fourth-order valence-corrected chi connectivity index (χ4v) is 3.36. The van der Waals surface area contributed by atoms with Crippen LogP contribution in [0.3, 0.4) is 0 Å². The van der Waals surface area contributed by atoms with E-state index < -0.39 is 5.91 Å². The lowest BCUT2D eigenvalue weighted by atomic mass is 10.2. The predicted molar refractivity (Wildman–Crippen MR) is 143 cm³/mol.